The first-order valence-electron chi connectivity index (χ1n) is 10.1. The monoisotopic (exact) mass is 409 g/mol. The number of anilines is 2. The summed E-state index contributed by atoms with van der Waals surface area (Å²) in [6, 6.07) is 12.6. The largest absolute Gasteiger partial charge is 0.348 e. The number of nitrogens with one attached hydrogen (secondary N) is 3. The molecule has 158 valence electrons. The molecule has 3 amide bonds. The number of hydrogen-bond acceptors (Lipinski definition) is 5. The van der Waals surface area contributed by atoms with E-state index in [1.165, 1.54) is 6.92 Å². The smallest absolute Gasteiger partial charge is 0.313 e. The third kappa shape index (κ3) is 6.66. The Morgan fingerprint density at radius 2 is 1.73 bits per heavy atom. The fourth-order valence-electron chi connectivity index (χ4n) is 3.45. The summed E-state index contributed by atoms with van der Waals surface area (Å²) in [4.78, 5) is 42.1. The number of amides is 3. The number of nitrogens with zero attached hydrogens (tertiary/aromatic N) is 2. The van der Waals surface area contributed by atoms with Crippen molar-refractivity contribution in [3.05, 3.63) is 54.4 Å². The zero-order chi connectivity index (χ0) is 21.3. The fourth-order valence-corrected chi connectivity index (χ4v) is 3.45. The Balaban J connectivity index is 1.39. The molecule has 1 saturated heterocycles. The highest BCUT2D eigenvalue weighted by molar-refractivity contribution is 6.39. The number of aromatic nitrogens is 1. The topological polar surface area (TPSA) is 103 Å². The van der Waals surface area contributed by atoms with Crippen LogP contribution in [0.5, 0.6) is 0 Å². The summed E-state index contributed by atoms with van der Waals surface area (Å²) in [5.74, 6) is -1.23. The second kappa shape index (κ2) is 10.5. The van der Waals surface area contributed by atoms with E-state index in [-0.39, 0.29) is 5.91 Å². The molecule has 0 saturated carbocycles. The minimum atomic E-state index is -0.720. The van der Waals surface area contributed by atoms with Crippen LogP contribution in [0.15, 0.2) is 48.7 Å². The highest BCUT2D eigenvalue weighted by Gasteiger charge is 2.21. The number of rotatable bonds is 6. The zero-order valence-corrected chi connectivity index (χ0v) is 17.1. The van der Waals surface area contributed by atoms with E-state index in [9.17, 15) is 14.4 Å². The average Bonchev–Trinajstić information content (AvgIpc) is 2.73. The number of piperidine rings is 1. The Labute approximate surface area is 176 Å². The molecule has 3 N–H and O–H groups in total. The summed E-state index contributed by atoms with van der Waals surface area (Å²) in [5.41, 5.74) is 2.06. The third-order valence-corrected chi connectivity index (χ3v) is 5.02. The van der Waals surface area contributed by atoms with Crippen molar-refractivity contribution in [1.29, 1.82) is 0 Å². The van der Waals surface area contributed by atoms with Crippen LogP contribution < -0.4 is 16.0 Å². The third-order valence-electron chi connectivity index (χ3n) is 5.02. The number of hydrogen-bond donors (Lipinski definition) is 3. The minimum Gasteiger partial charge on any atom is -0.348 e. The van der Waals surface area contributed by atoms with Gasteiger partial charge in [0.25, 0.3) is 0 Å². The quantitative estimate of drug-likeness (QED) is 0.633. The van der Waals surface area contributed by atoms with Gasteiger partial charge in [0, 0.05) is 37.6 Å². The lowest BCUT2D eigenvalue weighted by Crippen LogP contribution is -2.41. The molecule has 3 rings (SSSR count). The van der Waals surface area contributed by atoms with Gasteiger partial charge in [0.05, 0.1) is 5.69 Å². The van der Waals surface area contributed by atoms with Gasteiger partial charge in [-0.05, 0) is 62.2 Å². The maximum Gasteiger partial charge on any atom is 0.313 e. The van der Waals surface area contributed by atoms with Crippen LogP contribution in [0.1, 0.15) is 25.5 Å². The van der Waals surface area contributed by atoms with Crippen molar-refractivity contribution in [2.45, 2.75) is 26.3 Å². The van der Waals surface area contributed by atoms with Gasteiger partial charge in [-0.3, -0.25) is 24.3 Å². The van der Waals surface area contributed by atoms with Gasteiger partial charge in [-0.2, -0.15) is 0 Å². The molecule has 1 aromatic carbocycles. The molecule has 0 bridgehead atoms. The van der Waals surface area contributed by atoms with Gasteiger partial charge in [0.15, 0.2) is 0 Å². The lowest BCUT2D eigenvalue weighted by molar-refractivity contribution is -0.136. The van der Waals surface area contributed by atoms with Crippen LogP contribution in [0.2, 0.25) is 0 Å². The molecule has 1 aromatic heterocycles. The number of pyridine rings is 1. The van der Waals surface area contributed by atoms with Gasteiger partial charge in [0.1, 0.15) is 0 Å². The number of likely N-dealkylation sites (tertiary alicyclic amines) is 1. The maximum absolute atomic E-state index is 12.1. The van der Waals surface area contributed by atoms with E-state index in [4.69, 9.17) is 0 Å². The Morgan fingerprint density at radius 3 is 2.40 bits per heavy atom. The second-order valence-electron chi connectivity index (χ2n) is 7.47. The summed E-state index contributed by atoms with van der Waals surface area (Å²) in [6.45, 7) is 4.61. The van der Waals surface area contributed by atoms with E-state index >= 15 is 0 Å². The summed E-state index contributed by atoms with van der Waals surface area (Å²) < 4.78 is 0. The molecular formula is C22H27N5O3. The van der Waals surface area contributed by atoms with Crippen LogP contribution in [-0.4, -0.2) is 47.2 Å². The average molecular weight is 409 g/mol. The van der Waals surface area contributed by atoms with Crippen LogP contribution in [0.3, 0.4) is 0 Å². The van der Waals surface area contributed by atoms with Crippen LogP contribution in [0.25, 0.3) is 0 Å². The van der Waals surface area contributed by atoms with Gasteiger partial charge >= 0.3 is 11.8 Å². The van der Waals surface area contributed by atoms with Crippen molar-refractivity contribution in [3.63, 3.8) is 0 Å². The van der Waals surface area contributed by atoms with Crippen LogP contribution in [-0.2, 0) is 20.9 Å². The van der Waals surface area contributed by atoms with Crippen molar-refractivity contribution >= 4 is 29.1 Å². The SMILES string of the molecule is CC(=O)Nc1cccc(NC(=O)C(=O)NCC2CCN(Cc3ccccn3)CC2)c1. The van der Waals surface area contributed by atoms with E-state index < -0.39 is 11.8 Å². The molecular weight excluding hydrogens is 382 g/mol. The van der Waals surface area contributed by atoms with E-state index in [0.29, 0.717) is 23.8 Å². The van der Waals surface area contributed by atoms with Gasteiger partial charge < -0.3 is 16.0 Å². The molecule has 0 atom stereocenters. The van der Waals surface area contributed by atoms with Gasteiger partial charge in [-0.15, -0.1) is 0 Å². The summed E-state index contributed by atoms with van der Waals surface area (Å²) >= 11 is 0. The molecule has 8 heteroatoms. The number of carbonyl (C=O) groups is 3. The molecule has 8 nitrogen and oxygen atoms in total. The van der Waals surface area contributed by atoms with Crippen molar-refractivity contribution in [1.82, 2.24) is 15.2 Å². The van der Waals surface area contributed by atoms with Crippen LogP contribution in [0.4, 0.5) is 11.4 Å². The van der Waals surface area contributed by atoms with E-state index in [2.05, 4.69) is 25.8 Å². The molecule has 1 aliphatic heterocycles. The fraction of sp³-hybridized carbons (Fsp3) is 0.364. The van der Waals surface area contributed by atoms with Crippen LogP contribution >= 0.6 is 0 Å². The van der Waals surface area contributed by atoms with E-state index in [1.807, 2.05) is 18.2 Å². The molecule has 0 radical (unpaired) electrons. The molecule has 1 aliphatic rings. The zero-order valence-electron chi connectivity index (χ0n) is 17.1. The van der Waals surface area contributed by atoms with Gasteiger partial charge in [-0.25, -0.2) is 0 Å². The summed E-state index contributed by atoms with van der Waals surface area (Å²) in [7, 11) is 0. The summed E-state index contributed by atoms with van der Waals surface area (Å²) in [5, 5.41) is 7.93. The number of carbonyl (C=O) groups excluding carboxylic acids is 3. The van der Waals surface area contributed by atoms with Gasteiger partial charge in [0.2, 0.25) is 5.91 Å². The van der Waals surface area contributed by atoms with Crippen molar-refractivity contribution in [2.75, 3.05) is 30.3 Å². The normalized spacial score (nSPS) is 14.7. The Hall–Kier alpha value is -3.26. The Bertz CT molecular complexity index is 879. The lowest BCUT2D eigenvalue weighted by atomic mass is 9.96. The Morgan fingerprint density at radius 1 is 1.00 bits per heavy atom. The molecule has 30 heavy (non-hydrogen) atoms. The number of benzene rings is 1. The predicted molar refractivity (Wildman–Crippen MR) is 115 cm³/mol. The maximum atomic E-state index is 12.1. The molecule has 2 heterocycles. The molecule has 0 aliphatic carbocycles. The standard InChI is InChI=1S/C22H27N5O3/c1-16(28)25-18-6-4-7-19(13-18)26-22(30)21(29)24-14-17-8-11-27(12-9-17)15-20-5-2-3-10-23-20/h2-7,10,13,17H,8-9,11-12,14-15H2,1H3,(H,24,29)(H,25,28)(H,26,30). The van der Waals surface area contributed by atoms with Gasteiger partial charge in [-0.1, -0.05) is 12.1 Å². The first-order valence-corrected chi connectivity index (χ1v) is 10.1. The molecule has 1 fully saturated rings. The highest BCUT2D eigenvalue weighted by Crippen LogP contribution is 2.18. The van der Waals surface area contributed by atoms with Crippen molar-refractivity contribution < 1.29 is 14.4 Å². The van der Waals surface area contributed by atoms with Crippen molar-refractivity contribution in [3.8, 4) is 0 Å². The summed E-state index contributed by atoms with van der Waals surface area (Å²) in [6.07, 6.45) is 3.74. The Kier molecular flexibility index (Phi) is 7.51. The highest BCUT2D eigenvalue weighted by atomic mass is 16.2. The molecule has 0 unspecified atom stereocenters. The van der Waals surface area contributed by atoms with Crippen molar-refractivity contribution in [2.24, 2.45) is 5.92 Å². The molecule has 0 spiro atoms. The first-order chi connectivity index (χ1) is 14.5. The lowest BCUT2D eigenvalue weighted by Gasteiger charge is -2.31. The molecule has 2 aromatic rings. The van der Waals surface area contributed by atoms with E-state index in [0.717, 1.165) is 38.2 Å². The van der Waals surface area contributed by atoms with Crippen LogP contribution in [0, 0.1) is 5.92 Å². The predicted octanol–water partition coefficient (Wildman–Crippen LogP) is 2.01. The second-order valence-corrected chi connectivity index (χ2v) is 7.47. The minimum absolute atomic E-state index is 0.206. The van der Waals surface area contributed by atoms with E-state index in [1.54, 1.807) is 30.5 Å². The first kappa shape index (κ1) is 21.4.